The van der Waals surface area contributed by atoms with E-state index in [2.05, 4.69) is 29.3 Å². The SMILES string of the molecule is CCCCc1ccc(N=Nc2ccc(OCC(=O)O)cc2)cc1. The lowest BCUT2D eigenvalue weighted by Crippen LogP contribution is -2.09. The zero-order valence-electron chi connectivity index (χ0n) is 13.1. The molecular weight excluding hydrogens is 292 g/mol. The Labute approximate surface area is 135 Å². The first-order valence-electron chi connectivity index (χ1n) is 7.62. The van der Waals surface area contributed by atoms with Crippen molar-refractivity contribution in [2.24, 2.45) is 10.2 Å². The van der Waals surface area contributed by atoms with E-state index < -0.39 is 5.97 Å². The average molecular weight is 312 g/mol. The predicted molar refractivity (Wildman–Crippen MR) is 88.8 cm³/mol. The van der Waals surface area contributed by atoms with E-state index in [9.17, 15) is 4.79 Å². The second-order valence-corrected chi connectivity index (χ2v) is 5.15. The van der Waals surface area contributed by atoms with Crippen LogP contribution >= 0.6 is 0 Å². The Balaban J connectivity index is 1.92. The van der Waals surface area contributed by atoms with E-state index in [1.54, 1.807) is 24.3 Å². The second-order valence-electron chi connectivity index (χ2n) is 5.15. The molecule has 0 unspecified atom stereocenters. The fraction of sp³-hybridized carbons (Fsp3) is 0.278. The Morgan fingerprint density at radius 2 is 1.57 bits per heavy atom. The molecule has 5 heteroatoms. The molecule has 0 radical (unpaired) electrons. The molecule has 0 aliphatic rings. The van der Waals surface area contributed by atoms with Crippen LogP contribution in [0.4, 0.5) is 11.4 Å². The highest BCUT2D eigenvalue weighted by atomic mass is 16.5. The number of carbonyl (C=O) groups is 1. The lowest BCUT2D eigenvalue weighted by molar-refractivity contribution is -0.139. The van der Waals surface area contributed by atoms with E-state index in [4.69, 9.17) is 9.84 Å². The number of aliphatic carboxylic acids is 1. The van der Waals surface area contributed by atoms with Crippen molar-refractivity contribution in [3.05, 3.63) is 54.1 Å². The molecule has 0 aliphatic carbocycles. The van der Waals surface area contributed by atoms with Crippen LogP contribution in [0, 0.1) is 0 Å². The van der Waals surface area contributed by atoms with E-state index in [-0.39, 0.29) is 6.61 Å². The standard InChI is InChI=1S/C18H20N2O3/c1-2-3-4-14-5-7-15(8-6-14)19-20-16-9-11-17(12-10-16)23-13-18(21)22/h5-12H,2-4,13H2,1H3,(H,21,22). The molecule has 0 atom stereocenters. The Kier molecular flexibility index (Phi) is 6.29. The molecule has 0 saturated heterocycles. The quantitative estimate of drug-likeness (QED) is 0.704. The Bertz CT molecular complexity index is 649. The topological polar surface area (TPSA) is 71.2 Å². The maximum absolute atomic E-state index is 10.4. The van der Waals surface area contributed by atoms with Crippen LogP contribution in [0.2, 0.25) is 0 Å². The molecule has 0 bridgehead atoms. The molecule has 2 aromatic rings. The van der Waals surface area contributed by atoms with E-state index in [1.807, 2.05) is 12.1 Å². The molecule has 2 rings (SSSR count). The Morgan fingerprint density at radius 1 is 1.00 bits per heavy atom. The summed E-state index contributed by atoms with van der Waals surface area (Å²) in [4.78, 5) is 10.4. The van der Waals surface area contributed by atoms with Crippen molar-refractivity contribution >= 4 is 17.3 Å². The monoisotopic (exact) mass is 312 g/mol. The first-order chi connectivity index (χ1) is 11.2. The van der Waals surface area contributed by atoms with E-state index in [0.29, 0.717) is 11.4 Å². The molecule has 23 heavy (non-hydrogen) atoms. The highest BCUT2D eigenvalue weighted by Gasteiger charge is 1.99. The van der Waals surface area contributed by atoms with Gasteiger partial charge < -0.3 is 9.84 Å². The number of ether oxygens (including phenoxy) is 1. The summed E-state index contributed by atoms with van der Waals surface area (Å²) in [6.45, 7) is 1.83. The number of rotatable bonds is 8. The van der Waals surface area contributed by atoms with Crippen molar-refractivity contribution in [2.45, 2.75) is 26.2 Å². The number of carboxylic acids is 1. The first kappa shape index (κ1) is 16.7. The molecule has 1 N–H and O–H groups in total. The van der Waals surface area contributed by atoms with Crippen LogP contribution < -0.4 is 4.74 Å². The van der Waals surface area contributed by atoms with Gasteiger partial charge in [-0.1, -0.05) is 25.5 Å². The van der Waals surface area contributed by atoms with Gasteiger partial charge in [0.2, 0.25) is 0 Å². The normalized spacial score (nSPS) is 10.8. The van der Waals surface area contributed by atoms with Crippen molar-refractivity contribution in [1.29, 1.82) is 0 Å². The van der Waals surface area contributed by atoms with Crippen LogP contribution in [-0.4, -0.2) is 17.7 Å². The molecule has 2 aromatic carbocycles. The molecule has 0 heterocycles. The van der Waals surface area contributed by atoms with Gasteiger partial charge in [0.15, 0.2) is 6.61 Å². The number of carboxylic acid groups (broad SMARTS) is 1. The summed E-state index contributed by atoms with van der Waals surface area (Å²) in [6, 6.07) is 14.9. The lowest BCUT2D eigenvalue weighted by Gasteiger charge is -2.02. The van der Waals surface area contributed by atoms with Gasteiger partial charge in [0.25, 0.3) is 0 Å². The number of nitrogens with zero attached hydrogens (tertiary/aromatic N) is 2. The summed E-state index contributed by atoms with van der Waals surface area (Å²) in [5.74, 6) is -0.511. The molecule has 0 aliphatic heterocycles. The van der Waals surface area contributed by atoms with Crippen molar-refractivity contribution in [2.75, 3.05) is 6.61 Å². The van der Waals surface area contributed by atoms with E-state index in [0.717, 1.165) is 12.1 Å². The number of hydrogen-bond acceptors (Lipinski definition) is 4. The van der Waals surface area contributed by atoms with Crippen LogP contribution in [0.5, 0.6) is 5.75 Å². The van der Waals surface area contributed by atoms with Gasteiger partial charge in [0.05, 0.1) is 11.4 Å². The van der Waals surface area contributed by atoms with Crippen LogP contribution in [0.3, 0.4) is 0 Å². The third-order valence-corrected chi connectivity index (χ3v) is 3.24. The van der Waals surface area contributed by atoms with Gasteiger partial charge >= 0.3 is 5.97 Å². The number of azo groups is 1. The molecule has 0 aromatic heterocycles. The number of unbranched alkanes of at least 4 members (excludes halogenated alkanes) is 1. The van der Waals surface area contributed by atoms with Crippen LogP contribution in [0.1, 0.15) is 25.3 Å². The zero-order chi connectivity index (χ0) is 16.5. The van der Waals surface area contributed by atoms with Gasteiger partial charge in [0, 0.05) is 0 Å². The minimum absolute atomic E-state index is 0.356. The summed E-state index contributed by atoms with van der Waals surface area (Å²) < 4.78 is 5.06. The smallest absolute Gasteiger partial charge is 0.341 e. The van der Waals surface area contributed by atoms with Gasteiger partial charge in [-0.3, -0.25) is 0 Å². The molecule has 0 fully saturated rings. The van der Waals surface area contributed by atoms with Crippen molar-refractivity contribution in [1.82, 2.24) is 0 Å². The van der Waals surface area contributed by atoms with Gasteiger partial charge in [-0.05, 0) is 54.8 Å². The molecule has 0 spiro atoms. The molecule has 120 valence electrons. The minimum atomic E-state index is -1.00. The summed E-state index contributed by atoms with van der Waals surface area (Å²) in [5, 5.41) is 16.9. The fourth-order valence-electron chi connectivity index (χ4n) is 1.98. The molecule has 0 amide bonds. The van der Waals surface area contributed by atoms with Crippen LogP contribution in [-0.2, 0) is 11.2 Å². The summed E-state index contributed by atoms with van der Waals surface area (Å²) in [7, 11) is 0. The highest BCUT2D eigenvalue weighted by Crippen LogP contribution is 2.21. The van der Waals surface area contributed by atoms with Gasteiger partial charge in [-0.25, -0.2) is 4.79 Å². The van der Waals surface area contributed by atoms with E-state index >= 15 is 0 Å². The van der Waals surface area contributed by atoms with Crippen molar-refractivity contribution in [3.8, 4) is 5.75 Å². The Hall–Kier alpha value is -2.69. The van der Waals surface area contributed by atoms with Gasteiger partial charge in [-0.15, -0.1) is 0 Å². The van der Waals surface area contributed by atoms with Crippen LogP contribution in [0.25, 0.3) is 0 Å². The minimum Gasteiger partial charge on any atom is -0.482 e. The average Bonchev–Trinajstić information content (AvgIpc) is 2.58. The number of benzene rings is 2. The maximum atomic E-state index is 10.4. The van der Waals surface area contributed by atoms with Gasteiger partial charge in [-0.2, -0.15) is 10.2 Å². The molecular formula is C18H20N2O3. The van der Waals surface area contributed by atoms with Crippen LogP contribution in [0.15, 0.2) is 58.8 Å². The summed E-state index contributed by atoms with van der Waals surface area (Å²) in [5.41, 5.74) is 2.80. The lowest BCUT2D eigenvalue weighted by atomic mass is 10.1. The van der Waals surface area contributed by atoms with E-state index in [1.165, 1.54) is 18.4 Å². The summed E-state index contributed by atoms with van der Waals surface area (Å²) >= 11 is 0. The summed E-state index contributed by atoms with van der Waals surface area (Å²) in [6.07, 6.45) is 3.47. The number of hydrogen-bond donors (Lipinski definition) is 1. The van der Waals surface area contributed by atoms with Crippen molar-refractivity contribution < 1.29 is 14.6 Å². The molecule has 5 nitrogen and oxygen atoms in total. The fourth-order valence-corrected chi connectivity index (χ4v) is 1.98. The third kappa shape index (κ3) is 5.90. The Morgan fingerprint density at radius 3 is 2.09 bits per heavy atom. The zero-order valence-corrected chi connectivity index (χ0v) is 13.1. The first-order valence-corrected chi connectivity index (χ1v) is 7.62. The molecule has 0 saturated carbocycles. The van der Waals surface area contributed by atoms with Crippen molar-refractivity contribution in [3.63, 3.8) is 0 Å². The predicted octanol–water partition coefficient (Wildman–Crippen LogP) is 4.91. The second kappa shape index (κ2) is 8.68. The van der Waals surface area contributed by atoms with Gasteiger partial charge in [0.1, 0.15) is 5.75 Å². The number of aryl methyl sites for hydroxylation is 1. The largest absolute Gasteiger partial charge is 0.482 e. The maximum Gasteiger partial charge on any atom is 0.341 e. The third-order valence-electron chi connectivity index (χ3n) is 3.24. The highest BCUT2D eigenvalue weighted by molar-refractivity contribution is 5.68.